The summed E-state index contributed by atoms with van der Waals surface area (Å²) in [6, 6.07) is 6.50. The molecular weight excluding hydrogens is 234 g/mol. The van der Waals surface area contributed by atoms with Crippen molar-refractivity contribution in [3.63, 3.8) is 0 Å². The van der Waals surface area contributed by atoms with Gasteiger partial charge in [0.2, 0.25) is 0 Å². The second kappa shape index (κ2) is 4.87. The van der Waals surface area contributed by atoms with Gasteiger partial charge >= 0.3 is 0 Å². The summed E-state index contributed by atoms with van der Waals surface area (Å²) in [7, 11) is 1.79. The topological polar surface area (TPSA) is 12.5 Å². The molecule has 2 atom stereocenters. The number of benzene rings is 1. The molecule has 2 unspecified atom stereocenters. The molecule has 1 aliphatic carbocycles. The van der Waals surface area contributed by atoms with Crippen LogP contribution in [0.15, 0.2) is 18.2 Å². The average Bonchev–Trinajstić information content (AvgIpc) is 2.84. The van der Waals surface area contributed by atoms with Crippen LogP contribution in [0.1, 0.15) is 24.0 Å². The fraction of sp³-hybridized carbons (Fsp3) is 0.571. The molecule has 0 amide bonds. The maximum absolute atomic E-state index is 5.52. The average molecular weight is 254 g/mol. The van der Waals surface area contributed by atoms with Gasteiger partial charge in [-0.1, -0.05) is 19.1 Å². The zero-order chi connectivity index (χ0) is 11.1. The van der Waals surface area contributed by atoms with Crippen LogP contribution in [0.25, 0.3) is 0 Å². The summed E-state index contributed by atoms with van der Waals surface area (Å²) in [4.78, 5) is 2.56. The Balaban J connectivity index is 0.00000108. The van der Waals surface area contributed by atoms with Gasteiger partial charge < -0.3 is 9.64 Å². The molecule has 1 heterocycles. The summed E-state index contributed by atoms with van der Waals surface area (Å²) in [5.41, 5.74) is 3.01. The number of rotatable bonds is 2. The van der Waals surface area contributed by atoms with Gasteiger partial charge in [-0.25, -0.2) is 0 Å². The minimum Gasteiger partial charge on any atom is -0.496 e. The van der Waals surface area contributed by atoms with Gasteiger partial charge in [0.25, 0.3) is 0 Å². The number of hydrogen-bond donors (Lipinski definition) is 0. The van der Waals surface area contributed by atoms with Gasteiger partial charge in [0, 0.05) is 24.6 Å². The standard InChI is InChI=1S/C14H19NO.ClH/c1-3-15-8-11-7-10-5-4-6-13(16-2)14(10)12(11)9-15;/h4-6,11-12H,3,7-9H2,1-2H3;1H. The number of likely N-dealkylation sites (tertiary alicyclic amines) is 1. The SMILES string of the molecule is CCN1CC2Cc3cccc(OC)c3C2C1.Cl. The number of halogens is 1. The van der Waals surface area contributed by atoms with Gasteiger partial charge in [0.05, 0.1) is 7.11 Å². The van der Waals surface area contributed by atoms with Gasteiger partial charge in [0.1, 0.15) is 5.75 Å². The summed E-state index contributed by atoms with van der Waals surface area (Å²) in [5.74, 6) is 2.64. The Hall–Kier alpha value is -0.730. The lowest BCUT2D eigenvalue weighted by molar-refractivity contribution is 0.338. The van der Waals surface area contributed by atoms with Gasteiger partial charge in [0.15, 0.2) is 0 Å². The van der Waals surface area contributed by atoms with E-state index in [-0.39, 0.29) is 12.4 Å². The van der Waals surface area contributed by atoms with Crippen molar-refractivity contribution in [2.45, 2.75) is 19.3 Å². The highest BCUT2D eigenvalue weighted by atomic mass is 35.5. The molecule has 1 fully saturated rings. The molecule has 0 aromatic heterocycles. The number of fused-ring (bicyclic) bond motifs is 3. The van der Waals surface area contributed by atoms with Crippen molar-refractivity contribution >= 4 is 12.4 Å². The fourth-order valence-corrected chi connectivity index (χ4v) is 3.40. The number of hydrogen-bond acceptors (Lipinski definition) is 2. The third kappa shape index (κ3) is 1.94. The Labute approximate surface area is 109 Å². The largest absolute Gasteiger partial charge is 0.496 e. The van der Waals surface area contributed by atoms with Gasteiger partial charge in [-0.3, -0.25) is 0 Å². The van der Waals surface area contributed by atoms with Gasteiger partial charge in [-0.15, -0.1) is 12.4 Å². The Morgan fingerprint density at radius 3 is 2.88 bits per heavy atom. The molecule has 1 aromatic rings. The van der Waals surface area contributed by atoms with Crippen LogP contribution in [0.5, 0.6) is 5.75 Å². The smallest absolute Gasteiger partial charge is 0.122 e. The van der Waals surface area contributed by atoms with E-state index >= 15 is 0 Å². The Kier molecular flexibility index (Phi) is 3.64. The maximum Gasteiger partial charge on any atom is 0.122 e. The normalized spacial score (nSPS) is 26.2. The predicted molar refractivity (Wildman–Crippen MR) is 72.3 cm³/mol. The van der Waals surface area contributed by atoms with Crippen LogP contribution >= 0.6 is 12.4 Å². The maximum atomic E-state index is 5.52. The summed E-state index contributed by atoms with van der Waals surface area (Å²) in [6.07, 6.45) is 1.24. The molecule has 0 bridgehead atoms. The van der Waals surface area contributed by atoms with E-state index in [9.17, 15) is 0 Å². The van der Waals surface area contributed by atoms with E-state index < -0.39 is 0 Å². The molecule has 1 saturated heterocycles. The van der Waals surface area contributed by atoms with Crippen molar-refractivity contribution < 1.29 is 4.74 Å². The first kappa shape index (κ1) is 12.7. The molecule has 0 radical (unpaired) electrons. The van der Waals surface area contributed by atoms with Crippen molar-refractivity contribution in [1.82, 2.24) is 4.90 Å². The van der Waals surface area contributed by atoms with Crippen molar-refractivity contribution in [2.75, 3.05) is 26.7 Å². The molecule has 2 aliphatic rings. The first-order chi connectivity index (χ1) is 7.83. The van der Waals surface area contributed by atoms with E-state index in [0.717, 1.165) is 11.7 Å². The van der Waals surface area contributed by atoms with Gasteiger partial charge in [-0.05, 0) is 30.5 Å². The van der Waals surface area contributed by atoms with Gasteiger partial charge in [-0.2, -0.15) is 0 Å². The molecule has 1 aliphatic heterocycles. The molecule has 3 heteroatoms. The van der Waals surface area contributed by atoms with E-state index in [1.807, 2.05) is 0 Å². The third-order valence-electron chi connectivity index (χ3n) is 4.19. The minimum atomic E-state index is 0. The molecular formula is C14H20ClNO. The van der Waals surface area contributed by atoms with Crippen LogP contribution in [-0.4, -0.2) is 31.6 Å². The third-order valence-corrected chi connectivity index (χ3v) is 4.19. The molecule has 94 valence electrons. The van der Waals surface area contributed by atoms with Crippen LogP contribution < -0.4 is 4.74 Å². The second-order valence-electron chi connectivity index (χ2n) is 4.96. The van der Waals surface area contributed by atoms with Crippen molar-refractivity contribution in [3.05, 3.63) is 29.3 Å². The summed E-state index contributed by atoms with van der Waals surface area (Å²) >= 11 is 0. The molecule has 2 nitrogen and oxygen atoms in total. The van der Waals surface area contributed by atoms with Crippen LogP contribution in [0.3, 0.4) is 0 Å². The molecule has 3 rings (SSSR count). The van der Waals surface area contributed by atoms with Crippen LogP contribution in [-0.2, 0) is 6.42 Å². The molecule has 17 heavy (non-hydrogen) atoms. The van der Waals surface area contributed by atoms with Crippen molar-refractivity contribution in [1.29, 1.82) is 0 Å². The minimum absolute atomic E-state index is 0. The summed E-state index contributed by atoms with van der Waals surface area (Å²) < 4.78 is 5.52. The highest BCUT2D eigenvalue weighted by Gasteiger charge is 2.40. The van der Waals surface area contributed by atoms with Crippen LogP contribution in [0.2, 0.25) is 0 Å². The summed E-state index contributed by atoms with van der Waals surface area (Å²) in [5, 5.41) is 0. The zero-order valence-electron chi connectivity index (χ0n) is 10.5. The first-order valence-corrected chi connectivity index (χ1v) is 6.21. The summed E-state index contributed by atoms with van der Waals surface area (Å²) in [6.45, 7) is 5.91. The first-order valence-electron chi connectivity index (χ1n) is 6.21. The van der Waals surface area contributed by atoms with Crippen molar-refractivity contribution in [2.24, 2.45) is 5.92 Å². The number of likely N-dealkylation sites (N-methyl/N-ethyl adjacent to an activating group) is 1. The molecule has 1 aromatic carbocycles. The Morgan fingerprint density at radius 2 is 2.18 bits per heavy atom. The van der Waals surface area contributed by atoms with E-state index in [1.165, 1.54) is 37.2 Å². The molecule has 0 spiro atoms. The zero-order valence-corrected chi connectivity index (χ0v) is 11.3. The van der Waals surface area contributed by atoms with E-state index in [4.69, 9.17) is 4.74 Å². The molecule has 0 N–H and O–H groups in total. The number of methoxy groups -OCH3 is 1. The lowest BCUT2D eigenvalue weighted by Gasteiger charge is -2.16. The molecule has 0 saturated carbocycles. The monoisotopic (exact) mass is 253 g/mol. The predicted octanol–water partition coefficient (Wildman–Crippen LogP) is 2.71. The Morgan fingerprint density at radius 1 is 1.35 bits per heavy atom. The lowest BCUT2D eigenvalue weighted by atomic mass is 9.96. The van der Waals surface area contributed by atoms with E-state index in [0.29, 0.717) is 5.92 Å². The number of nitrogens with zero attached hydrogens (tertiary/aromatic N) is 1. The second-order valence-corrected chi connectivity index (χ2v) is 4.96. The fourth-order valence-electron chi connectivity index (χ4n) is 3.40. The van der Waals surface area contributed by atoms with Crippen LogP contribution in [0.4, 0.5) is 0 Å². The Bertz CT molecular complexity index is 407. The van der Waals surface area contributed by atoms with Crippen LogP contribution in [0, 0.1) is 5.92 Å². The van der Waals surface area contributed by atoms with E-state index in [2.05, 4.69) is 30.0 Å². The quantitative estimate of drug-likeness (QED) is 0.804. The highest BCUT2D eigenvalue weighted by Crippen LogP contribution is 2.46. The lowest BCUT2D eigenvalue weighted by Crippen LogP contribution is -2.21. The van der Waals surface area contributed by atoms with Crippen molar-refractivity contribution in [3.8, 4) is 5.75 Å². The van der Waals surface area contributed by atoms with E-state index in [1.54, 1.807) is 7.11 Å². The highest BCUT2D eigenvalue weighted by molar-refractivity contribution is 5.85. The number of ether oxygens (including phenoxy) is 1.